The van der Waals surface area contributed by atoms with Crippen LogP contribution in [0.25, 0.3) is 0 Å². The van der Waals surface area contributed by atoms with Crippen LogP contribution in [0.3, 0.4) is 0 Å². The third-order valence-electron chi connectivity index (χ3n) is 3.94. The Morgan fingerprint density at radius 2 is 1.78 bits per heavy atom. The third-order valence-corrected chi connectivity index (χ3v) is 4.82. The molecule has 0 aliphatic heterocycles. The van der Waals surface area contributed by atoms with E-state index < -0.39 is 9.96 Å². The molecule has 0 aromatic heterocycles. The van der Waals surface area contributed by atoms with Crippen molar-refractivity contribution < 1.29 is 4.79 Å². The first-order chi connectivity index (χ1) is 12.7. The number of hydrogen-bond acceptors (Lipinski definition) is 2. The molecule has 4 nitrogen and oxygen atoms in total. The van der Waals surface area contributed by atoms with E-state index >= 15 is 0 Å². The van der Waals surface area contributed by atoms with Gasteiger partial charge in [0.1, 0.15) is 6.17 Å². The Morgan fingerprint density at radius 3 is 2.41 bits per heavy atom. The molecule has 0 bridgehead atoms. The molecule has 27 heavy (non-hydrogen) atoms. The van der Waals surface area contributed by atoms with E-state index in [4.69, 9.17) is 47.0 Å². The summed E-state index contributed by atoms with van der Waals surface area (Å²) in [5.41, 5.74) is 1.90. The second-order valence-corrected chi connectivity index (χ2v) is 9.31. The summed E-state index contributed by atoms with van der Waals surface area (Å²) in [7, 11) is 0. The number of aryl methyl sites for hydroxylation is 1. The summed E-state index contributed by atoms with van der Waals surface area (Å²) < 4.78 is -1.74. The predicted octanol–water partition coefficient (Wildman–Crippen LogP) is 5.84. The molecule has 0 unspecified atom stereocenters. The summed E-state index contributed by atoms with van der Waals surface area (Å²) in [6.45, 7) is 4.16. The number of alkyl halides is 3. The number of halogens is 3. The van der Waals surface area contributed by atoms with Crippen molar-refractivity contribution in [2.45, 2.75) is 68.8 Å². The quantitative estimate of drug-likeness (QED) is 0.180. The van der Waals surface area contributed by atoms with Gasteiger partial charge < -0.3 is 16.0 Å². The molecule has 3 N–H and O–H groups in total. The zero-order chi connectivity index (χ0) is 20.3. The third kappa shape index (κ3) is 11.0. The largest absolute Gasteiger partial charge is 0.339 e. The monoisotopic (exact) mass is 451 g/mol. The predicted molar refractivity (Wildman–Crippen MR) is 121 cm³/mol. The van der Waals surface area contributed by atoms with Crippen LogP contribution in [0.4, 0.5) is 5.69 Å². The maximum absolute atomic E-state index is 12.2. The van der Waals surface area contributed by atoms with Crippen molar-refractivity contribution in [3.8, 4) is 0 Å². The summed E-state index contributed by atoms with van der Waals surface area (Å²) in [5, 5.41) is 8.86. The molecule has 1 atom stereocenters. The highest BCUT2D eigenvalue weighted by molar-refractivity contribution is 7.80. The lowest BCUT2D eigenvalue weighted by Crippen LogP contribution is -2.56. The molecule has 1 amide bonds. The number of benzene rings is 1. The highest BCUT2D eigenvalue weighted by Gasteiger charge is 2.34. The van der Waals surface area contributed by atoms with Gasteiger partial charge >= 0.3 is 0 Å². The number of amides is 1. The molecule has 1 aromatic rings. The summed E-state index contributed by atoms with van der Waals surface area (Å²) in [5.74, 6) is -0.173. The highest BCUT2D eigenvalue weighted by atomic mass is 35.6. The molecule has 0 saturated carbocycles. The lowest BCUT2D eigenvalue weighted by Gasteiger charge is -2.27. The Balaban J connectivity index is 2.48. The fraction of sp³-hybridized carbons (Fsp3) is 0.579. The second kappa shape index (κ2) is 12.7. The molecule has 0 aliphatic carbocycles. The number of anilines is 1. The van der Waals surface area contributed by atoms with Crippen molar-refractivity contribution in [1.82, 2.24) is 10.6 Å². The van der Waals surface area contributed by atoms with E-state index in [2.05, 4.69) is 22.9 Å². The maximum atomic E-state index is 12.2. The molecular weight excluding hydrogens is 425 g/mol. The first-order valence-electron chi connectivity index (χ1n) is 9.22. The average Bonchev–Trinajstić information content (AvgIpc) is 2.56. The van der Waals surface area contributed by atoms with Crippen LogP contribution in [0, 0.1) is 6.92 Å². The first kappa shape index (κ1) is 24.3. The Hall–Kier alpha value is -0.750. The van der Waals surface area contributed by atoms with Crippen LogP contribution >= 0.6 is 47.0 Å². The molecule has 0 spiro atoms. The molecule has 0 radical (unpaired) electrons. The number of carbonyl (C=O) groups excluding carboxylic acids is 1. The summed E-state index contributed by atoms with van der Waals surface area (Å²) in [4.78, 5) is 12.2. The second-order valence-electron chi connectivity index (χ2n) is 6.53. The van der Waals surface area contributed by atoms with Gasteiger partial charge in [0.2, 0.25) is 9.70 Å². The molecule has 0 fully saturated rings. The van der Waals surface area contributed by atoms with Gasteiger partial charge in [0.15, 0.2) is 5.11 Å². The molecule has 1 aromatic carbocycles. The van der Waals surface area contributed by atoms with Crippen molar-refractivity contribution in [1.29, 1.82) is 0 Å². The van der Waals surface area contributed by atoms with Gasteiger partial charge in [-0.1, -0.05) is 86.0 Å². The van der Waals surface area contributed by atoms with E-state index in [1.165, 1.54) is 19.3 Å². The molecule has 8 heteroatoms. The van der Waals surface area contributed by atoms with E-state index in [0.29, 0.717) is 6.42 Å². The number of nitrogens with one attached hydrogen (secondary N) is 3. The lowest BCUT2D eigenvalue weighted by atomic mass is 10.1. The minimum Gasteiger partial charge on any atom is -0.339 e. The van der Waals surface area contributed by atoms with Crippen LogP contribution < -0.4 is 16.0 Å². The van der Waals surface area contributed by atoms with Crippen molar-refractivity contribution in [2.24, 2.45) is 0 Å². The minimum absolute atomic E-state index is 0.173. The van der Waals surface area contributed by atoms with Gasteiger partial charge in [-0.05, 0) is 43.3 Å². The number of carbonyl (C=O) groups is 1. The van der Waals surface area contributed by atoms with Crippen molar-refractivity contribution >= 4 is 63.7 Å². The normalized spacial score (nSPS) is 12.3. The lowest BCUT2D eigenvalue weighted by molar-refractivity contribution is -0.122. The van der Waals surface area contributed by atoms with Crippen molar-refractivity contribution in [3.05, 3.63) is 29.8 Å². The Labute approximate surface area is 182 Å². The van der Waals surface area contributed by atoms with E-state index in [0.717, 1.165) is 30.5 Å². The fourth-order valence-electron chi connectivity index (χ4n) is 2.52. The molecule has 0 heterocycles. The molecule has 0 saturated heterocycles. The van der Waals surface area contributed by atoms with Crippen LogP contribution in [0.5, 0.6) is 0 Å². The Kier molecular flexibility index (Phi) is 11.4. The van der Waals surface area contributed by atoms with Crippen LogP contribution in [0.2, 0.25) is 0 Å². The van der Waals surface area contributed by atoms with E-state index in [-0.39, 0.29) is 11.0 Å². The number of unbranched alkanes of at least 4 members (excludes halogenated alkanes) is 5. The van der Waals surface area contributed by atoms with Crippen LogP contribution in [0.15, 0.2) is 24.3 Å². The standard InChI is InChI=1S/C19H28Cl3N3OS/c1-3-4-5-6-7-8-12-16(26)24-17(19(20,21)22)25-18(27)23-15-11-9-10-14(2)13-15/h9-11,13,17H,3-8,12H2,1-2H3,(H,24,26)(H2,23,25,27)/t17-/m1/s1. The number of hydrogen-bond donors (Lipinski definition) is 3. The van der Waals surface area contributed by atoms with E-state index in [9.17, 15) is 4.79 Å². The minimum atomic E-state index is -1.74. The maximum Gasteiger partial charge on any atom is 0.228 e. The Morgan fingerprint density at radius 1 is 1.11 bits per heavy atom. The van der Waals surface area contributed by atoms with Crippen molar-refractivity contribution in [3.63, 3.8) is 0 Å². The number of rotatable bonds is 10. The zero-order valence-corrected chi connectivity index (χ0v) is 18.9. The van der Waals surface area contributed by atoms with Gasteiger partial charge in [0, 0.05) is 12.1 Å². The van der Waals surface area contributed by atoms with Gasteiger partial charge in [-0.15, -0.1) is 0 Å². The van der Waals surface area contributed by atoms with Crippen LogP contribution in [0.1, 0.15) is 57.4 Å². The molecule has 152 valence electrons. The number of thiocarbonyl (C=S) groups is 1. The van der Waals surface area contributed by atoms with E-state index in [1.807, 2.05) is 31.2 Å². The SMILES string of the molecule is CCCCCCCCC(=O)N[C@H](NC(=S)Nc1cccc(C)c1)C(Cl)(Cl)Cl. The topological polar surface area (TPSA) is 53.2 Å². The van der Waals surface area contributed by atoms with E-state index in [1.54, 1.807) is 0 Å². The smallest absolute Gasteiger partial charge is 0.228 e. The van der Waals surface area contributed by atoms with Gasteiger partial charge in [0.25, 0.3) is 0 Å². The van der Waals surface area contributed by atoms with Gasteiger partial charge in [-0.25, -0.2) is 0 Å². The van der Waals surface area contributed by atoms with Crippen molar-refractivity contribution in [2.75, 3.05) is 5.32 Å². The molecular formula is C19H28Cl3N3OS. The fourth-order valence-corrected chi connectivity index (χ4v) is 3.08. The first-order valence-corrected chi connectivity index (χ1v) is 10.8. The van der Waals surface area contributed by atoms with Gasteiger partial charge in [-0.3, -0.25) is 4.79 Å². The highest BCUT2D eigenvalue weighted by Crippen LogP contribution is 2.29. The summed E-state index contributed by atoms with van der Waals surface area (Å²) in [6.07, 6.45) is 6.07. The Bertz CT molecular complexity index is 608. The van der Waals surface area contributed by atoms with Gasteiger partial charge in [-0.2, -0.15) is 0 Å². The van der Waals surface area contributed by atoms with Crippen LogP contribution in [-0.4, -0.2) is 21.0 Å². The average molecular weight is 453 g/mol. The zero-order valence-electron chi connectivity index (χ0n) is 15.8. The van der Waals surface area contributed by atoms with Gasteiger partial charge in [0.05, 0.1) is 0 Å². The van der Waals surface area contributed by atoms with Crippen LogP contribution in [-0.2, 0) is 4.79 Å². The summed E-state index contributed by atoms with van der Waals surface area (Å²) >= 11 is 23.3. The molecule has 0 aliphatic rings. The summed E-state index contributed by atoms with van der Waals surface area (Å²) in [6, 6.07) is 7.71. The molecule has 1 rings (SSSR count).